The summed E-state index contributed by atoms with van der Waals surface area (Å²) in [6, 6.07) is 13.4. The Hall–Kier alpha value is -2.40. The number of benzene rings is 2. The number of guanidine groups is 1. The van der Waals surface area contributed by atoms with Gasteiger partial charge < -0.3 is 20.5 Å². The molecule has 3 N–H and O–H groups in total. The number of nitrogens with two attached hydrogens (primary N) is 1. The van der Waals surface area contributed by atoms with E-state index in [1.165, 1.54) is 0 Å². The lowest BCUT2D eigenvalue weighted by Crippen LogP contribution is -2.25. The van der Waals surface area contributed by atoms with Crippen LogP contribution in [0.2, 0.25) is 5.02 Å². The molecule has 3 rings (SSSR count). The summed E-state index contributed by atoms with van der Waals surface area (Å²) in [5.74, 6) is 1.72. The van der Waals surface area contributed by atoms with Crippen LogP contribution in [0.4, 0.5) is 5.69 Å². The van der Waals surface area contributed by atoms with Crippen LogP contribution in [0, 0.1) is 0 Å². The number of hydrogen-bond donors (Lipinski definition) is 2. The van der Waals surface area contributed by atoms with Crippen molar-refractivity contribution in [1.29, 1.82) is 0 Å². The van der Waals surface area contributed by atoms with Crippen LogP contribution in [0.5, 0.6) is 11.5 Å². The van der Waals surface area contributed by atoms with Crippen molar-refractivity contribution in [2.24, 2.45) is 10.7 Å². The van der Waals surface area contributed by atoms with E-state index in [9.17, 15) is 0 Å². The molecule has 0 amide bonds. The standard InChI is InChI=1S/C19H22ClN3O2/c1-24-13-7-8-17(25-2)16(11-13)23-18(21)22-12-19(9-10-19)14-5-3-4-6-15(14)20/h3-8,11H,9-10,12H2,1-2H3,(H3,21,22,23). The highest BCUT2D eigenvalue weighted by Gasteiger charge is 2.45. The first-order valence-electron chi connectivity index (χ1n) is 8.12. The first kappa shape index (κ1) is 17.4. The summed E-state index contributed by atoms with van der Waals surface area (Å²) in [7, 11) is 3.22. The summed E-state index contributed by atoms with van der Waals surface area (Å²) in [5.41, 5.74) is 7.94. The summed E-state index contributed by atoms with van der Waals surface area (Å²) >= 11 is 6.34. The largest absolute Gasteiger partial charge is 0.497 e. The quantitative estimate of drug-likeness (QED) is 0.607. The fraction of sp³-hybridized carbons (Fsp3) is 0.316. The van der Waals surface area contributed by atoms with Crippen molar-refractivity contribution >= 4 is 23.2 Å². The molecule has 5 nitrogen and oxygen atoms in total. The van der Waals surface area contributed by atoms with Gasteiger partial charge in [-0.25, -0.2) is 0 Å². The van der Waals surface area contributed by atoms with Gasteiger partial charge in [-0.2, -0.15) is 0 Å². The molecule has 1 aliphatic rings. The molecule has 0 bridgehead atoms. The maximum absolute atomic E-state index is 6.34. The summed E-state index contributed by atoms with van der Waals surface area (Å²) in [6.07, 6.45) is 2.13. The monoisotopic (exact) mass is 359 g/mol. The number of nitrogens with zero attached hydrogens (tertiary/aromatic N) is 1. The molecule has 0 unspecified atom stereocenters. The molecule has 0 aliphatic heterocycles. The Morgan fingerprint density at radius 2 is 1.96 bits per heavy atom. The van der Waals surface area contributed by atoms with Gasteiger partial charge in [0.15, 0.2) is 5.96 Å². The lowest BCUT2D eigenvalue weighted by Gasteiger charge is -2.16. The van der Waals surface area contributed by atoms with Crippen LogP contribution in [0.1, 0.15) is 18.4 Å². The number of anilines is 1. The fourth-order valence-electron chi connectivity index (χ4n) is 2.88. The van der Waals surface area contributed by atoms with Crippen molar-refractivity contribution in [1.82, 2.24) is 0 Å². The molecule has 6 heteroatoms. The van der Waals surface area contributed by atoms with Crippen molar-refractivity contribution in [3.63, 3.8) is 0 Å². The van der Waals surface area contributed by atoms with Gasteiger partial charge in [0, 0.05) is 16.5 Å². The number of halogens is 1. The van der Waals surface area contributed by atoms with Crippen molar-refractivity contribution in [3.05, 3.63) is 53.1 Å². The second-order valence-corrected chi connectivity index (χ2v) is 6.56. The highest BCUT2D eigenvalue weighted by atomic mass is 35.5. The van der Waals surface area contributed by atoms with E-state index in [-0.39, 0.29) is 5.41 Å². The molecule has 0 aromatic heterocycles. The van der Waals surface area contributed by atoms with Crippen LogP contribution in [0.25, 0.3) is 0 Å². The van der Waals surface area contributed by atoms with E-state index in [1.54, 1.807) is 14.2 Å². The van der Waals surface area contributed by atoms with Gasteiger partial charge in [0.05, 0.1) is 26.5 Å². The van der Waals surface area contributed by atoms with E-state index < -0.39 is 0 Å². The van der Waals surface area contributed by atoms with Crippen molar-refractivity contribution < 1.29 is 9.47 Å². The second-order valence-electron chi connectivity index (χ2n) is 6.15. The lowest BCUT2D eigenvalue weighted by molar-refractivity contribution is 0.405. The van der Waals surface area contributed by atoms with E-state index in [1.807, 2.05) is 36.4 Å². The van der Waals surface area contributed by atoms with Gasteiger partial charge in [0.1, 0.15) is 11.5 Å². The Bertz CT molecular complexity index is 788. The molecule has 2 aromatic carbocycles. The van der Waals surface area contributed by atoms with E-state index in [0.29, 0.717) is 29.7 Å². The first-order valence-corrected chi connectivity index (χ1v) is 8.50. The molecule has 132 valence electrons. The second kappa shape index (κ2) is 7.23. The summed E-state index contributed by atoms with van der Waals surface area (Å²) in [5, 5.41) is 3.88. The molecule has 1 fully saturated rings. The van der Waals surface area contributed by atoms with Crippen LogP contribution in [-0.4, -0.2) is 26.7 Å². The van der Waals surface area contributed by atoms with E-state index in [2.05, 4.69) is 16.4 Å². The highest BCUT2D eigenvalue weighted by Crippen LogP contribution is 2.50. The normalized spacial score (nSPS) is 15.6. The Morgan fingerprint density at radius 1 is 1.20 bits per heavy atom. The van der Waals surface area contributed by atoms with Gasteiger partial charge in [-0.15, -0.1) is 0 Å². The van der Waals surface area contributed by atoms with Gasteiger partial charge in [0.2, 0.25) is 0 Å². The van der Waals surface area contributed by atoms with Crippen molar-refractivity contribution in [2.75, 3.05) is 26.1 Å². The smallest absolute Gasteiger partial charge is 0.193 e. The minimum absolute atomic E-state index is 0.00308. The van der Waals surface area contributed by atoms with Gasteiger partial charge in [-0.05, 0) is 36.6 Å². The van der Waals surface area contributed by atoms with Gasteiger partial charge in [-0.3, -0.25) is 4.99 Å². The Balaban J connectivity index is 1.74. The average molecular weight is 360 g/mol. The van der Waals surface area contributed by atoms with Crippen LogP contribution >= 0.6 is 11.6 Å². The Kier molecular flexibility index (Phi) is 5.04. The number of hydrogen-bond acceptors (Lipinski definition) is 3. The molecule has 25 heavy (non-hydrogen) atoms. The molecular formula is C19H22ClN3O2. The molecule has 1 aliphatic carbocycles. The van der Waals surface area contributed by atoms with E-state index in [0.717, 1.165) is 23.4 Å². The zero-order valence-corrected chi connectivity index (χ0v) is 15.1. The first-order chi connectivity index (χ1) is 12.1. The molecule has 0 heterocycles. The van der Waals surface area contributed by atoms with E-state index >= 15 is 0 Å². The Labute approximate surface area is 152 Å². The maximum atomic E-state index is 6.34. The predicted molar refractivity (Wildman–Crippen MR) is 102 cm³/mol. The number of ether oxygens (including phenoxy) is 2. The molecule has 1 saturated carbocycles. The predicted octanol–water partition coefficient (Wildman–Crippen LogP) is 3.82. The van der Waals surface area contributed by atoms with Gasteiger partial charge >= 0.3 is 0 Å². The summed E-state index contributed by atoms with van der Waals surface area (Å²) in [4.78, 5) is 4.53. The Morgan fingerprint density at radius 3 is 2.60 bits per heavy atom. The summed E-state index contributed by atoms with van der Waals surface area (Å²) < 4.78 is 10.6. The van der Waals surface area contributed by atoms with Crippen LogP contribution in [0.3, 0.4) is 0 Å². The number of rotatable bonds is 6. The zero-order valence-electron chi connectivity index (χ0n) is 14.4. The molecule has 0 saturated heterocycles. The zero-order chi connectivity index (χ0) is 17.9. The van der Waals surface area contributed by atoms with Crippen molar-refractivity contribution in [3.8, 4) is 11.5 Å². The summed E-state index contributed by atoms with van der Waals surface area (Å²) in [6.45, 7) is 0.599. The third-order valence-corrected chi connectivity index (χ3v) is 4.85. The highest BCUT2D eigenvalue weighted by molar-refractivity contribution is 6.31. The lowest BCUT2D eigenvalue weighted by atomic mass is 9.96. The van der Waals surface area contributed by atoms with Crippen molar-refractivity contribution in [2.45, 2.75) is 18.3 Å². The molecule has 0 radical (unpaired) electrons. The van der Waals surface area contributed by atoms with Gasteiger partial charge in [-0.1, -0.05) is 29.8 Å². The number of aliphatic imine (C=N–C) groups is 1. The molecule has 0 spiro atoms. The molecular weight excluding hydrogens is 338 g/mol. The molecule has 0 atom stereocenters. The maximum Gasteiger partial charge on any atom is 0.193 e. The SMILES string of the molecule is COc1ccc(OC)c(NC(N)=NCC2(c3ccccc3Cl)CC2)c1. The minimum Gasteiger partial charge on any atom is -0.497 e. The third-order valence-electron chi connectivity index (χ3n) is 4.52. The average Bonchev–Trinajstić information content (AvgIpc) is 3.41. The van der Waals surface area contributed by atoms with Crippen LogP contribution in [0.15, 0.2) is 47.5 Å². The third kappa shape index (κ3) is 3.82. The topological polar surface area (TPSA) is 68.9 Å². The van der Waals surface area contributed by atoms with Crippen LogP contribution < -0.4 is 20.5 Å². The van der Waals surface area contributed by atoms with E-state index in [4.69, 9.17) is 26.8 Å². The molecule has 2 aromatic rings. The van der Waals surface area contributed by atoms with Crippen LogP contribution in [-0.2, 0) is 5.41 Å². The number of nitrogens with one attached hydrogen (secondary N) is 1. The number of methoxy groups -OCH3 is 2. The fourth-order valence-corrected chi connectivity index (χ4v) is 3.22. The minimum atomic E-state index is 0.00308. The van der Waals surface area contributed by atoms with Gasteiger partial charge in [0.25, 0.3) is 0 Å².